The van der Waals surface area contributed by atoms with Gasteiger partial charge < -0.3 is 10.3 Å². The topological polar surface area (TPSA) is 30.9 Å². The van der Waals surface area contributed by atoms with Crippen molar-refractivity contribution >= 4 is 22.5 Å². The normalized spacial score (nSPS) is 11.2. The minimum Gasteiger partial charge on any atom is -0.345 e. The number of benzene rings is 1. The van der Waals surface area contributed by atoms with Crippen LogP contribution >= 0.6 is 11.6 Å². The molecule has 1 heterocycles. The van der Waals surface area contributed by atoms with Crippen molar-refractivity contribution in [1.29, 1.82) is 0 Å². The second kappa shape index (κ2) is 4.48. The number of hydrogen-bond donors (Lipinski definition) is 1. The molecule has 2 N–H and O–H groups in total. The molecule has 0 fully saturated rings. The molecular weight excluding hydrogens is 220 g/mol. The van der Waals surface area contributed by atoms with E-state index >= 15 is 0 Å². The minimum atomic E-state index is 0.721. The third-order valence-corrected chi connectivity index (χ3v) is 3.42. The fourth-order valence-corrected chi connectivity index (χ4v) is 2.33. The summed E-state index contributed by atoms with van der Waals surface area (Å²) in [5, 5.41) is 2.08. The zero-order chi connectivity index (χ0) is 11.7. The molecule has 0 aliphatic heterocycles. The summed E-state index contributed by atoms with van der Waals surface area (Å²) in [7, 11) is 0. The van der Waals surface area contributed by atoms with E-state index in [4.69, 9.17) is 17.3 Å². The van der Waals surface area contributed by atoms with Gasteiger partial charge in [0.25, 0.3) is 0 Å². The first kappa shape index (κ1) is 11.5. The van der Waals surface area contributed by atoms with Crippen LogP contribution in [0.3, 0.4) is 0 Å². The molecule has 16 heavy (non-hydrogen) atoms. The molecule has 0 saturated carbocycles. The summed E-state index contributed by atoms with van der Waals surface area (Å²) in [6.45, 7) is 6.00. The first-order chi connectivity index (χ1) is 7.65. The lowest BCUT2D eigenvalue weighted by Crippen LogP contribution is -2.06. The van der Waals surface area contributed by atoms with E-state index in [9.17, 15) is 0 Å². The average molecular weight is 237 g/mol. The van der Waals surface area contributed by atoms with E-state index in [0.717, 1.165) is 24.5 Å². The number of aromatic nitrogens is 1. The Labute approximate surface area is 101 Å². The number of rotatable bonds is 3. The summed E-state index contributed by atoms with van der Waals surface area (Å²) in [6, 6.07) is 6.08. The van der Waals surface area contributed by atoms with Crippen LogP contribution in [0, 0.1) is 13.8 Å². The third-order valence-electron chi connectivity index (χ3n) is 3.19. The van der Waals surface area contributed by atoms with Gasteiger partial charge in [0, 0.05) is 28.2 Å². The van der Waals surface area contributed by atoms with Gasteiger partial charge in [0.1, 0.15) is 0 Å². The number of nitrogens with two attached hydrogens (primary N) is 1. The van der Waals surface area contributed by atoms with Gasteiger partial charge in [-0.15, -0.1) is 0 Å². The van der Waals surface area contributed by atoms with E-state index in [-0.39, 0.29) is 0 Å². The molecule has 1 aromatic carbocycles. The summed E-state index contributed by atoms with van der Waals surface area (Å²) in [6.07, 6.45) is 0.997. The summed E-state index contributed by atoms with van der Waals surface area (Å²) in [5.74, 6) is 0. The van der Waals surface area contributed by atoms with Crippen LogP contribution in [0.5, 0.6) is 0 Å². The summed E-state index contributed by atoms with van der Waals surface area (Å²) >= 11 is 6.05. The first-order valence-electron chi connectivity index (χ1n) is 5.60. The van der Waals surface area contributed by atoms with E-state index in [2.05, 4.69) is 24.5 Å². The van der Waals surface area contributed by atoms with Crippen molar-refractivity contribution < 1.29 is 0 Å². The molecule has 3 heteroatoms. The molecule has 0 saturated heterocycles. The van der Waals surface area contributed by atoms with Crippen LogP contribution in [-0.2, 0) is 6.54 Å². The Morgan fingerprint density at radius 3 is 2.75 bits per heavy atom. The monoisotopic (exact) mass is 236 g/mol. The van der Waals surface area contributed by atoms with Gasteiger partial charge in [-0.1, -0.05) is 17.7 Å². The van der Waals surface area contributed by atoms with Gasteiger partial charge in [-0.3, -0.25) is 0 Å². The largest absolute Gasteiger partial charge is 0.345 e. The third kappa shape index (κ3) is 1.83. The highest BCUT2D eigenvalue weighted by atomic mass is 35.5. The van der Waals surface area contributed by atoms with E-state index in [0.29, 0.717) is 0 Å². The molecule has 0 spiro atoms. The maximum Gasteiger partial charge on any atom is 0.0500 e. The molecule has 0 bridgehead atoms. The van der Waals surface area contributed by atoms with Crippen LogP contribution in [0.15, 0.2) is 18.2 Å². The second-order valence-electron chi connectivity index (χ2n) is 4.17. The highest BCUT2D eigenvalue weighted by Gasteiger charge is 2.10. The molecule has 2 aromatic rings. The maximum absolute atomic E-state index is 6.05. The fourth-order valence-electron chi connectivity index (χ4n) is 2.16. The molecular formula is C13H17ClN2. The van der Waals surface area contributed by atoms with Gasteiger partial charge in [-0.2, -0.15) is 0 Å². The van der Waals surface area contributed by atoms with Crippen LogP contribution in [0.25, 0.3) is 10.9 Å². The van der Waals surface area contributed by atoms with Crippen LogP contribution in [0.1, 0.15) is 17.7 Å². The zero-order valence-electron chi connectivity index (χ0n) is 9.76. The molecule has 0 aliphatic carbocycles. The van der Waals surface area contributed by atoms with Gasteiger partial charge in [0.2, 0.25) is 0 Å². The Kier molecular flexibility index (Phi) is 3.22. The molecule has 1 aromatic heterocycles. The Morgan fingerprint density at radius 2 is 2.06 bits per heavy atom. The summed E-state index contributed by atoms with van der Waals surface area (Å²) in [4.78, 5) is 0. The van der Waals surface area contributed by atoms with Crippen LogP contribution in [0.4, 0.5) is 0 Å². The van der Waals surface area contributed by atoms with Gasteiger partial charge in [0.15, 0.2) is 0 Å². The lowest BCUT2D eigenvalue weighted by atomic mass is 10.2. The van der Waals surface area contributed by atoms with E-state index < -0.39 is 0 Å². The van der Waals surface area contributed by atoms with Gasteiger partial charge in [0.05, 0.1) is 0 Å². The van der Waals surface area contributed by atoms with Crippen molar-refractivity contribution in [2.24, 2.45) is 5.73 Å². The zero-order valence-corrected chi connectivity index (χ0v) is 10.5. The lowest BCUT2D eigenvalue weighted by Gasteiger charge is -2.07. The molecule has 2 rings (SSSR count). The summed E-state index contributed by atoms with van der Waals surface area (Å²) in [5.41, 5.74) is 9.43. The number of halogens is 1. The molecule has 0 aliphatic rings. The van der Waals surface area contributed by atoms with Crippen molar-refractivity contribution in [3.8, 4) is 0 Å². The van der Waals surface area contributed by atoms with Crippen molar-refractivity contribution in [3.63, 3.8) is 0 Å². The Morgan fingerprint density at radius 1 is 1.31 bits per heavy atom. The SMILES string of the molecule is Cc1c(C)n(CCCN)c2cc(Cl)ccc12. The molecule has 0 radical (unpaired) electrons. The summed E-state index contributed by atoms with van der Waals surface area (Å²) < 4.78 is 2.31. The van der Waals surface area contributed by atoms with Crippen molar-refractivity contribution in [2.45, 2.75) is 26.8 Å². The Bertz CT molecular complexity index is 514. The Hall–Kier alpha value is -0.990. The van der Waals surface area contributed by atoms with Gasteiger partial charge in [-0.25, -0.2) is 0 Å². The number of nitrogens with zero attached hydrogens (tertiary/aromatic N) is 1. The molecule has 2 nitrogen and oxygen atoms in total. The minimum absolute atomic E-state index is 0.721. The highest BCUT2D eigenvalue weighted by molar-refractivity contribution is 6.31. The van der Waals surface area contributed by atoms with E-state index in [1.165, 1.54) is 22.2 Å². The number of hydrogen-bond acceptors (Lipinski definition) is 1. The number of aryl methyl sites for hydroxylation is 2. The molecule has 86 valence electrons. The molecule has 0 unspecified atom stereocenters. The van der Waals surface area contributed by atoms with Gasteiger partial charge >= 0.3 is 0 Å². The van der Waals surface area contributed by atoms with Gasteiger partial charge in [-0.05, 0) is 44.5 Å². The standard InChI is InChI=1S/C13H17ClN2/c1-9-10(2)16(7-3-6-15)13-8-11(14)4-5-12(9)13/h4-5,8H,3,6-7,15H2,1-2H3. The maximum atomic E-state index is 6.05. The quantitative estimate of drug-likeness (QED) is 0.872. The van der Waals surface area contributed by atoms with E-state index in [1.54, 1.807) is 0 Å². The second-order valence-corrected chi connectivity index (χ2v) is 4.60. The predicted molar refractivity (Wildman–Crippen MR) is 70.1 cm³/mol. The van der Waals surface area contributed by atoms with E-state index in [1.807, 2.05) is 12.1 Å². The molecule has 0 atom stereocenters. The van der Waals surface area contributed by atoms with Crippen molar-refractivity contribution in [1.82, 2.24) is 4.57 Å². The Balaban J connectivity index is 2.61. The van der Waals surface area contributed by atoms with Crippen molar-refractivity contribution in [2.75, 3.05) is 6.54 Å². The van der Waals surface area contributed by atoms with Crippen LogP contribution < -0.4 is 5.73 Å². The van der Waals surface area contributed by atoms with Crippen molar-refractivity contribution in [3.05, 3.63) is 34.5 Å². The molecule has 0 amide bonds. The average Bonchev–Trinajstić information content (AvgIpc) is 2.50. The smallest absolute Gasteiger partial charge is 0.0500 e. The fraction of sp³-hybridized carbons (Fsp3) is 0.385. The lowest BCUT2D eigenvalue weighted by molar-refractivity contribution is 0.655. The van der Waals surface area contributed by atoms with Crippen LogP contribution in [-0.4, -0.2) is 11.1 Å². The first-order valence-corrected chi connectivity index (χ1v) is 5.98. The number of fused-ring (bicyclic) bond motifs is 1. The van der Waals surface area contributed by atoms with Crippen LogP contribution in [0.2, 0.25) is 5.02 Å². The predicted octanol–water partition coefficient (Wildman–Crippen LogP) is 3.26. The highest BCUT2D eigenvalue weighted by Crippen LogP contribution is 2.27.